The van der Waals surface area contributed by atoms with Crippen LogP contribution >= 0.6 is 0 Å². The third-order valence-electron chi connectivity index (χ3n) is 8.22. The van der Waals surface area contributed by atoms with Crippen LogP contribution in [0.25, 0.3) is 0 Å². The van der Waals surface area contributed by atoms with Crippen molar-refractivity contribution >= 4 is 11.6 Å². The molecule has 1 atom stereocenters. The topological polar surface area (TPSA) is 76.1 Å². The van der Waals surface area contributed by atoms with E-state index in [2.05, 4.69) is 20.3 Å². The molecule has 1 aromatic heterocycles. The van der Waals surface area contributed by atoms with Gasteiger partial charge in [0.1, 0.15) is 6.67 Å². The summed E-state index contributed by atoms with van der Waals surface area (Å²) in [5, 5.41) is 12.6. The Hall–Kier alpha value is -3.42. The van der Waals surface area contributed by atoms with Crippen molar-refractivity contribution in [3.63, 3.8) is 0 Å². The van der Waals surface area contributed by atoms with Crippen molar-refractivity contribution in [2.75, 3.05) is 29.4 Å². The molecule has 2 aromatic carbocycles. The van der Waals surface area contributed by atoms with Gasteiger partial charge in [0.15, 0.2) is 0 Å². The molecule has 43 heavy (non-hydrogen) atoms. The lowest BCUT2D eigenvalue weighted by molar-refractivity contribution is -0.143. The number of hydrogen-bond acceptors (Lipinski definition) is 6. The fourth-order valence-electron chi connectivity index (χ4n) is 5.97. The molecule has 2 N–H and O–H groups in total. The van der Waals surface area contributed by atoms with Gasteiger partial charge in [-0.2, -0.15) is 31.1 Å². The minimum Gasteiger partial charge on any atom is -0.371 e. The second-order valence-electron chi connectivity index (χ2n) is 11.4. The molecule has 3 aromatic rings. The van der Waals surface area contributed by atoms with Gasteiger partial charge < -0.3 is 15.5 Å². The number of benzene rings is 2. The molecule has 0 radical (unpaired) electrons. The second-order valence-corrected chi connectivity index (χ2v) is 11.4. The molecule has 1 aliphatic carbocycles. The first-order valence-electron chi connectivity index (χ1n) is 14.3. The van der Waals surface area contributed by atoms with Crippen molar-refractivity contribution in [2.24, 2.45) is 11.7 Å². The number of alkyl halides is 7. The summed E-state index contributed by atoms with van der Waals surface area (Å²) in [6.07, 6.45) is -6.57. The van der Waals surface area contributed by atoms with Crippen molar-refractivity contribution in [3.05, 3.63) is 63.2 Å². The summed E-state index contributed by atoms with van der Waals surface area (Å²) < 4.78 is 96.6. The lowest BCUT2D eigenvalue weighted by atomic mass is 9.91. The van der Waals surface area contributed by atoms with E-state index >= 15 is 0 Å². The van der Waals surface area contributed by atoms with E-state index in [0.29, 0.717) is 30.9 Å². The first kappa shape index (κ1) is 31.0. The predicted molar refractivity (Wildman–Crippen MR) is 147 cm³/mol. The number of aromatic nitrogens is 4. The maximum atomic E-state index is 14.2. The van der Waals surface area contributed by atoms with E-state index in [4.69, 9.17) is 5.73 Å². The number of nitrogens with zero attached hydrogens (tertiary/aromatic N) is 6. The number of anilines is 2. The van der Waals surface area contributed by atoms with Crippen LogP contribution in [0.5, 0.6) is 0 Å². The Balaban J connectivity index is 1.66. The predicted octanol–water partition coefficient (Wildman–Crippen LogP) is 6.51. The molecule has 2 aliphatic rings. The molecular formula is C29H34F7N7. The van der Waals surface area contributed by atoms with Crippen LogP contribution in [-0.4, -0.2) is 39.8 Å². The summed E-state index contributed by atoms with van der Waals surface area (Å²) in [6.45, 7) is 4.56. The molecule has 2 heterocycles. The molecule has 0 saturated heterocycles. The average Bonchev–Trinajstić information content (AvgIpc) is 3.66. The van der Waals surface area contributed by atoms with Crippen molar-refractivity contribution in [2.45, 2.75) is 77.7 Å². The number of hydrogen-bond donors (Lipinski definition) is 1. The number of aryl methyl sites for hydroxylation is 1. The van der Waals surface area contributed by atoms with E-state index in [1.54, 1.807) is 11.8 Å². The highest BCUT2D eigenvalue weighted by molar-refractivity contribution is 5.67. The van der Waals surface area contributed by atoms with Crippen LogP contribution < -0.4 is 15.5 Å². The summed E-state index contributed by atoms with van der Waals surface area (Å²) in [5.41, 5.74) is 6.38. The van der Waals surface area contributed by atoms with Crippen LogP contribution in [0, 0.1) is 19.8 Å². The third kappa shape index (κ3) is 6.73. The minimum atomic E-state index is -4.99. The Morgan fingerprint density at radius 1 is 0.977 bits per heavy atom. The van der Waals surface area contributed by atoms with E-state index in [1.807, 2.05) is 13.0 Å². The lowest BCUT2D eigenvalue weighted by Gasteiger charge is -2.34. The lowest BCUT2D eigenvalue weighted by Crippen LogP contribution is -2.31. The molecule has 0 unspecified atom stereocenters. The van der Waals surface area contributed by atoms with Crippen molar-refractivity contribution in [3.8, 4) is 0 Å². The zero-order valence-corrected chi connectivity index (χ0v) is 23.9. The van der Waals surface area contributed by atoms with Crippen molar-refractivity contribution in [1.82, 2.24) is 20.2 Å². The summed E-state index contributed by atoms with van der Waals surface area (Å²) in [4.78, 5) is 5.11. The summed E-state index contributed by atoms with van der Waals surface area (Å²) >= 11 is 0. The number of rotatable bonds is 9. The second kappa shape index (κ2) is 11.9. The van der Waals surface area contributed by atoms with Gasteiger partial charge in [-0.1, -0.05) is 11.2 Å². The maximum Gasteiger partial charge on any atom is 0.416 e. The Bertz CT molecular complexity index is 1410. The molecule has 7 nitrogen and oxygen atoms in total. The van der Waals surface area contributed by atoms with E-state index in [-0.39, 0.29) is 37.2 Å². The highest BCUT2D eigenvalue weighted by atomic mass is 19.4. The van der Waals surface area contributed by atoms with Crippen LogP contribution in [0.1, 0.15) is 70.7 Å². The molecule has 0 spiro atoms. The van der Waals surface area contributed by atoms with Gasteiger partial charge in [-0.15, -0.1) is 5.10 Å². The first-order valence-corrected chi connectivity index (χ1v) is 14.3. The first-order chi connectivity index (χ1) is 20.3. The van der Waals surface area contributed by atoms with Gasteiger partial charge in [0.2, 0.25) is 0 Å². The Morgan fingerprint density at radius 2 is 1.65 bits per heavy atom. The third-order valence-corrected chi connectivity index (χ3v) is 8.22. The number of nitrogens with two attached hydrogens (primary N) is 1. The molecule has 0 amide bonds. The summed E-state index contributed by atoms with van der Waals surface area (Å²) in [5.74, 6) is 0.578. The molecule has 234 valence electrons. The van der Waals surface area contributed by atoms with Crippen LogP contribution in [0.4, 0.5) is 42.4 Å². The molecular weight excluding hydrogens is 579 g/mol. The van der Waals surface area contributed by atoms with Gasteiger partial charge in [-0.05, 0) is 96.7 Å². The summed E-state index contributed by atoms with van der Waals surface area (Å²) in [7, 11) is 0. The van der Waals surface area contributed by atoms with Gasteiger partial charge in [0.05, 0.1) is 23.7 Å². The van der Waals surface area contributed by atoms with Gasteiger partial charge in [-0.25, -0.2) is 4.39 Å². The quantitative estimate of drug-likeness (QED) is 0.277. The zero-order chi connectivity index (χ0) is 31.1. The van der Waals surface area contributed by atoms with Crippen molar-refractivity contribution in [1.29, 1.82) is 0 Å². The Labute approximate surface area is 244 Å². The molecule has 1 aliphatic heterocycles. The van der Waals surface area contributed by atoms with Gasteiger partial charge >= 0.3 is 12.4 Å². The van der Waals surface area contributed by atoms with Crippen molar-refractivity contribution < 1.29 is 30.7 Å². The summed E-state index contributed by atoms with van der Waals surface area (Å²) in [6, 6.07) is 2.92. The SMILES string of the molecule is Cc1cc2c(c(C)c1CF)N(CC1CC1)CCC[C@@H]2N(Cc1cc(C(F)(F)F)cc(C(F)(F)F)c1)c1nnn(CCN)n1. The van der Waals surface area contributed by atoms with E-state index in [1.165, 1.54) is 4.80 Å². The number of halogens is 7. The van der Waals surface area contributed by atoms with Gasteiger partial charge in [-0.3, -0.25) is 0 Å². The Morgan fingerprint density at radius 3 is 2.23 bits per heavy atom. The van der Waals surface area contributed by atoms with Crippen LogP contribution in [-0.2, 0) is 32.1 Å². The largest absolute Gasteiger partial charge is 0.416 e. The average molecular weight is 614 g/mol. The highest BCUT2D eigenvalue weighted by Crippen LogP contribution is 2.45. The molecule has 14 heteroatoms. The molecule has 1 saturated carbocycles. The number of fused-ring (bicyclic) bond motifs is 1. The normalized spacial score (nSPS) is 17.6. The standard InChI is InChI=1S/C29H34F7N7/c1-17-10-23-25(4-3-8-41(15-19-5-6-19)26(23)18(2)24(17)14-30)42(27-38-40-43(39-27)9-7-37)16-20-11-21(28(31,32)33)13-22(12-20)29(34,35)36/h10-13,19,25H,3-9,14-16,37H2,1-2H3/t25-/m0/s1. The molecule has 5 rings (SSSR count). The highest BCUT2D eigenvalue weighted by Gasteiger charge is 2.38. The van der Waals surface area contributed by atoms with Crippen LogP contribution in [0.15, 0.2) is 24.3 Å². The fourth-order valence-corrected chi connectivity index (χ4v) is 5.97. The monoisotopic (exact) mass is 613 g/mol. The number of tetrazole rings is 1. The van der Waals surface area contributed by atoms with Gasteiger partial charge in [0, 0.05) is 31.9 Å². The zero-order valence-electron chi connectivity index (χ0n) is 23.9. The Kier molecular flexibility index (Phi) is 8.61. The maximum absolute atomic E-state index is 14.2. The van der Waals surface area contributed by atoms with Gasteiger partial charge in [0.25, 0.3) is 5.95 Å². The van der Waals surface area contributed by atoms with E-state index in [9.17, 15) is 30.7 Å². The van der Waals surface area contributed by atoms with E-state index in [0.717, 1.165) is 53.9 Å². The molecule has 1 fully saturated rings. The minimum absolute atomic E-state index is 0.0517. The van der Waals surface area contributed by atoms with E-state index < -0.39 is 36.2 Å². The van der Waals surface area contributed by atoms with Crippen LogP contribution in [0.2, 0.25) is 0 Å². The fraction of sp³-hybridized carbons (Fsp3) is 0.552. The van der Waals surface area contributed by atoms with Crippen LogP contribution in [0.3, 0.4) is 0 Å². The molecule has 0 bridgehead atoms. The smallest absolute Gasteiger partial charge is 0.371 e.